The smallest absolute Gasteiger partial charge is 0.0924 e. The van der Waals surface area contributed by atoms with Crippen LogP contribution in [0.5, 0.6) is 0 Å². The van der Waals surface area contributed by atoms with Gasteiger partial charge in [0.25, 0.3) is 0 Å². The topological polar surface area (TPSA) is 28.7 Å². The summed E-state index contributed by atoms with van der Waals surface area (Å²) >= 11 is 1.74. The molecular weight excluding hydrogens is 156 g/mol. The molecule has 0 aromatic carbocycles. The Morgan fingerprint density at radius 2 is 2.45 bits per heavy atom. The number of imidazole rings is 1. The summed E-state index contributed by atoms with van der Waals surface area (Å²) < 4.78 is 0. The van der Waals surface area contributed by atoms with Gasteiger partial charge in [0, 0.05) is 0 Å². The van der Waals surface area contributed by atoms with Crippen LogP contribution in [-0.2, 0) is 0 Å². The highest BCUT2D eigenvalue weighted by atomic mass is 32.1. The van der Waals surface area contributed by atoms with Crippen molar-refractivity contribution in [2.24, 2.45) is 0 Å². The third kappa shape index (κ3) is 1.19. The Hall–Kier alpha value is -1.09. The number of H-pyrrole nitrogens is 1. The maximum atomic E-state index is 3.96. The van der Waals surface area contributed by atoms with Gasteiger partial charge in [-0.2, -0.15) is 0 Å². The summed E-state index contributed by atoms with van der Waals surface area (Å²) in [5.74, 6) is 0. The second-order valence-corrected chi connectivity index (χ2v) is 3.36. The molecular formula is C8H8N2S. The highest BCUT2D eigenvalue weighted by Crippen LogP contribution is 2.24. The second kappa shape index (κ2) is 2.51. The lowest BCUT2D eigenvalue weighted by Crippen LogP contribution is -1.67. The molecule has 0 bridgehead atoms. The number of rotatable bonds is 1. The van der Waals surface area contributed by atoms with Gasteiger partial charge in [-0.3, -0.25) is 0 Å². The minimum absolute atomic E-state index is 1.10. The van der Waals surface area contributed by atoms with Crippen molar-refractivity contribution in [3.8, 4) is 10.6 Å². The molecule has 56 valence electrons. The van der Waals surface area contributed by atoms with Crippen molar-refractivity contribution < 1.29 is 0 Å². The van der Waals surface area contributed by atoms with Crippen LogP contribution in [0, 0.1) is 6.92 Å². The molecule has 0 amide bonds. The van der Waals surface area contributed by atoms with E-state index in [-0.39, 0.29) is 0 Å². The largest absolute Gasteiger partial charge is 0.344 e. The molecule has 0 radical (unpaired) electrons. The van der Waals surface area contributed by atoms with Crippen molar-refractivity contribution in [3.63, 3.8) is 0 Å². The van der Waals surface area contributed by atoms with Gasteiger partial charge in [0.15, 0.2) is 0 Å². The molecule has 11 heavy (non-hydrogen) atoms. The van der Waals surface area contributed by atoms with E-state index in [4.69, 9.17) is 0 Å². The fourth-order valence-electron chi connectivity index (χ4n) is 0.963. The van der Waals surface area contributed by atoms with Crippen LogP contribution in [0.3, 0.4) is 0 Å². The van der Waals surface area contributed by atoms with Crippen LogP contribution in [0.4, 0.5) is 0 Å². The zero-order chi connectivity index (χ0) is 7.68. The molecule has 2 aromatic heterocycles. The second-order valence-electron chi connectivity index (χ2n) is 2.45. The molecule has 3 heteroatoms. The molecule has 2 aromatic rings. The van der Waals surface area contributed by atoms with Crippen LogP contribution >= 0.6 is 11.3 Å². The van der Waals surface area contributed by atoms with Gasteiger partial charge in [0.1, 0.15) is 0 Å². The number of thiophene rings is 1. The maximum absolute atomic E-state index is 3.96. The van der Waals surface area contributed by atoms with Crippen LogP contribution in [0.25, 0.3) is 10.6 Å². The molecule has 1 N–H and O–H groups in total. The Bertz CT molecular complexity index is 335. The number of aromatic amines is 1. The molecule has 0 spiro atoms. The van der Waals surface area contributed by atoms with E-state index in [0.29, 0.717) is 0 Å². The van der Waals surface area contributed by atoms with Crippen molar-refractivity contribution in [2.75, 3.05) is 0 Å². The molecule has 0 fully saturated rings. The van der Waals surface area contributed by atoms with Crippen LogP contribution in [0.1, 0.15) is 5.56 Å². The van der Waals surface area contributed by atoms with Gasteiger partial charge in [-0.15, -0.1) is 11.3 Å². The van der Waals surface area contributed by atoms with E-state index in [1.165, 1.54) is 10.4 Å². The van der Waals surface area contributed by atoms with Crippen molar-refractivity contribution >= 4 is 11.3 Å². The minimum atomic E-state index is 1.10. The number of aromatic nitrogens is 2. The van der Waals surface area contributed by atoms with Crippen molar-refractivity contribution in [3.05, 3.63) is 29.5 Å². The van der Waals surface area contributed by atoms with Gasteiger partial charge in [-0.1, -0.05) is 0 Å². The van der Waals surface area contributed by atoms with Gasteiger partial charge < -0.3 is 4.98 Å². The van der Waals surface area contributed by atoms with Gasteiger partial charge in [0.05, 0.1) is 23.1 Å². The lowest BCUT2D eigenvalue weighted by molar-refractivity contribution is 1.32. The predicted molar refractivity (Wildman–Crippen MR) is 46.6 cm³/mol. The number of aryl methyl sites for hydroxylation is 1. The van der Waals surface area contributed by atoms with Gasteiger partial charge in [0.2, 0.25) is 0 Å². The van der Waals surface area contributed by atoms with Crippen LogP contribution in [0.2, 0.25) is 0 Å². The lowest BCUT2D eigenvalue weighted by Gasteiger charge is -1.86. The Morgan fingerprint density at radius 1 is 1.55 bits per heavy atom. The molecule has 2 heterocycles. The average Bonchev–Trinajstić information content (AvgIpc) is 2.55. The van der Waals surface area contributed by atoms with Crippen molar-refractivity contribution in [1.82, 2.24) is 9.97 Å². The van der Waals surface area contributed by atoms with Crippen LogP contribution in [-0.4, -0.2) is 9.97 Å². The fourth-order valence-corrected chi connectivity index (χ4v) is 1.84. The number of hydrogen-bond donors (Lipinski definition) is 1. The molecule has 0 atom stereocenters. The Morgan fingerprint density at radius 3 is 3.00 bits per heavy atom. The summed E-state index contributed by atoms with van der Waals surface area (Å²) in [6.07, 6.45) is 3.54. The van der Waals surface area contributed by atoms with Gasteiger partial charge in [-0.05, 0) is 23.9 Å². The molecule has 0 saturated carbocycles. The third-order valence-electron chi connectivity index (χ3n) is 1.49. The summed E-state index contributed by atoms with van der Waals surface area (Å²) in [4.78, 5) is 8.27. The van der Waals surface area contributed by atoms with Crippen LogP contribution < -0.4 is 0 Å². The summed E-state index contributed by atoms with van der Waals surface area (Å²) in [6, 6.07) is 2.15. The molecule has 0 aliphatic heterocycles. The summed E-state index contributed by atoms with van der Waals surface area (Å²) in [5.41, 5.74) is 2.41. The van der Waals surface area contributed by atoms with Crippen molar-refractivity contribution in [1.29, 1.82) is 0 Å². The van der Waals surface area contributed by atoms with Crippen molar-refractivity contribution in [2.45, 2.75) is 6.92 Å². The predicted octanol–water partition coefficient (Wildman–Crippen LogP) is 2.45. The lowest BCUT2D eigenvalue weighted by atomic mass is 10.3. The van der Waals surface area contributed by atoms with Gasteiger partial charge >= 0.3 is 0 Å². The van der Waals surface area contributed by atoms with Gasteiger partial charge in [-0.25, -0.2) is 4.98 Å². The number of hydrogen-bond acceptors (Lipinski definition) is 2. The van der Waals surface area contributed by atoms with E-state index in [1.54, 1.807) is 17.7 Å². The standard InChI is InChI=1S/C8H8N2S/c1-6-2-8(11-4-6)7-3-9-5-10-7/h2-5H,1H3,(H,9,10). The SMILES string of the molecule is Cc1csc(-c2cnc[nH]2)c1. The first-order chi connectivity index (χ1) is 5.36. The highest BCUT2D eigenvalue weighted by Gasteiger charge is 1.99. The van der Waals surface area contributed by atoms with Crippen LogP contribution in [0.15, 0.2) is 24.0 Å². The van der Waals surface area contributed by atoms with E-state index in [2.05, 4.69) is 28.3 Å². The summed E-state index contributed by atoms with van der Waals surface area (Å²) in [6.45, 7) is 2.09. The molecule has 2 nitrogen and oxygen atoms in total. The zero-order valence-electron chi connectivity index (χ0n) is 6.16. The fraction of sp³-hybridized carbons (Fsp3) is 0.125. The number of nitrogens with one attached hydrogen (secondary N) is 1. The van der Waals surface area contributed by atoms with E-state index >= 15 is 0 Å². The maximum Gasteiger partial charge on any atom is 0.0924 e. The monoisotopic (exact) mass is 164 g/mol. The van der Waals surface area contributed by atoms with E-state index in [1.807, 2.05) is 6.20 Å². The minimum Gasteiger partial charge on any atom is -0.344 e. The molecule has 0 saturated heterocycles. The quantitative estimate of drug-likeness (QED) is 0.689. The molecule has 0 aliphatic rings. The Kier molecular flexibility index (Phi) is 1.51. The first kappa shape index (κ1) is 6.61. The molecule has 2 rings (SSSR count). The zero-order valence-corrected chi connectivity index (χ0v) is 6.98. The summed E-state index contributed by atoms with van der Waals surface area (Å²) in [7, 11) is 0. The third-order valence-corrected chi connectivity index (χ3v) is 2.58. The van der Waals surface area contributed by atoms with E-state index in [0.717, 1.165) is 5.69 Å². The van der Waals surface area contributed by atoms with E-state index in [9.17, 15) is 0 Å². The number of nitrogens with zero attached hydrogens (tertiary/aromatic N) is 1. The Balaban J connectivity index is 2.45. The normalized spacial score (nSPS) is 10.3. The molecule has 0 unspecified atom stereocenters. The first-order valence-electron chi connectivity index (χ1n) is 3.40. The summed E-state index contributed by atoms with van der Waals surface area (Å²) in [5, 5.41) is 2.14. The Labute approximate surface area is 68.9 Å². The van der Waals surface area contributed by atoms with E-state index < -0.39 is 0 Å². The highest BCUT2D eigenvalue weighted by molar-refractivity contribution is 7.13. The molecule has 0 aliphatic carbocycles. The average molecular weight is 164 g/mol. The first-order valence-corrected chi connectivity index (χ1v) is 4.28.